The predicted molar refractivity (Wildman–Crippen MR) is 120 cm³/mol. The Morgan fingerprint density at radius 1 is 0.694 bits per heavy atom. The van der Waals surface area contributed by atoms with Crippen molar-refractivity contribution in [1.29, 1.82) is 0 Å². The number of benzene rings is 3. The topological polar surface area (TPSA) is 69.6 Å². The van der Waals surface area contributed by atoms with E-state index in [1.807, 2.05) is 0 Å². The summed E-state index contributed by atoms with van der Waals surface area (Å²) in [4.78, 5) is 4.08. The minimum absolute atomic E-state index is 0.0146. The molecule has 3 aromatic carbocycles. The highest BCUT2D eigenvalue weighted by Crippen LogP contribution is 2.46. The number of rotatable bonds is 6. The van der Waals surface area contributed by atoms with Crippen molar-refractivity contribution in [3.05, 3.63) is 91.0 Å². The minimum Gasteiger partial charge on any atom is -0.857 e. The first-order chi connectivity index (χ1) is 16.6. The van der Waals surface area contributed by atoms with E-state index in [9.17, 15) is 44.3 Å². The standard InChI is InChI=1S/C18H15S.C5H4F7NO3S/c1-4-10-16(11-5-1)19(17-12-6-2-7-13-17)18-14-8-3-9-15-18;1-17(15,16)13-2(14)3(6,7)4(8,9)5(10,11)12/h1-15H;1H3,(H,13,14)/q+1;/p-1. The highest BCUT2D eigenvalue weighted by Gasteiger charge is 2.73. The molecule has 194 valence electrons. The van der Waals surface area contributed by atoms with Gasteiger partial charge >= 0.3 is 18.0 Å². The molecule has 0 aliphatic heterocycles. The normalized spacial score (nSPS) is 13.2. The largest absolute Gasteiger partial charge is 0.857 e. The molecule has 0 heterocycles. The van der Waals surface area contributed by atoms with Gasteiger partial charge in [0.15, 0.2) is 14.7 Å². The summed E-state index contributed by atoms with van der Waals surface area (Å²) in [6.07, 6.45) is -6.65. The Morgan fingerprint density at radius 3 is 1.25 bits per heavy atom. The molecule has 0 aliphatic rings. The van der Waals surface area contributed by atoms with E-state index in [1.54, 1.807) is 4.40 Å². The van der Waals surface area contributed by atoms with Crippen molar-refractivity contribution in [2.24, 2.45) is 4.40 Å². The van der Waals surface area contributed by atoms with Crippen LogP contribution in [-0.4, -0.2) is 38.6 Å². The number of hydrogen-bond donors (Lipinski definition) is 0. The van der Waals surface area contributed by atoms with E-state index in [2.05, 4.69) is 91.0 Å². The summed E-state index contributed by atoms with van der Waals surface area (Å²) < 4.78 is 106. The molecule has 0 atom stereocenters. The Hall–Kier alpha value is -3.06. The maximum Gasteiger partial charge on any atom is 0.460 e. The monoisotopic (exact) mass is 553 g/mol. The molecule has 36 heavy (non-hydrogen) atoms. The Balaban J connectivity index is 0.000000256. The molecule has 0 spiro atoms. The third-order valence-electron chi connectivity index (χ3n) is 4.20. The summed E-state index contributed by atoms with van der Waals surface area (Å²) in [7, 11) is -4.83. The van der Waals surface area contributed by atoms with Crippen molar-refractivity contribution in [3.8, 4) is 0 Å². The van der Waals surface area contributed by atoms with Gasteiger partial charge in [-0.05, 0) is 36.4 Å². The maximum absolute atomic E-state index is 12.4. The number of sulfonamides is 1. The van der Waals surface area contributed by atoms with E-state index in [1.165, 1.54) is 14.7 Å². The van der Waals surface area contributed by atoms with Gasteiger partial charge in [0.05, 0.1) is 23.0 Å². The van der Waals surface area contributed by atoms with Crippen LogP contribution >= 0.6 is 0 Å². The van der Waals surface area contributed by atoms with Crippen LogP contribution in [0.3, 0.4) is 0 Å². The first-order valence-electron chi connectivity index (χ1n) is 9.77. The molecule has 0 bridgehead atoms. The zero-order chi connectivity index (χ0) is 27.2. The molecular weight excluding hydrogens is 535 g/mol. The van der Waals surface area contributed by atoms with Crippen LogP contribution in [0.25, 0.3) is 0 Å². The minimum atomic E-state index is -6.72. The molecule has 0 radical (unpaired) electrons. The Bertz CT molecular complexity index is 1160. The second-order valence-electron chi connectivity index (χ2n) is 7.02. The van der Waals surface area contributed by atoms with Crippen molar-refractivity contribution in [2.45, 2.75) is 32.7 Å². The van der Waals surface area contributed by atoms with Crippen molar-refractivity contribution < 1.29 is 44.3 Å². The lowest BCUT2D eigenvalue weighted by Crippen LogP contribution is -2.59. The molecule has 4 nitrogen and oxygen atoms in total. The number of halogens is 7. The summed E-state index contributed by atoms with van der Waals surface area (Å²) in [6.45, 7) is 0. The lowest BCUT2D eigenvalue weighted by molar-refractivity contribution is -0.357. The van der Waals surface area contributed by atoms with Crippen LogP contribution in [0.2, 0.25) is 0 Å². The van der Waals surface area contributed by atoms with Crippen LogP contribution in [0, 0.1) is 0 Å². The highest BCUT2D eigenvalue weighted by molar-refractivity contribution is 7.97. The first kappa shape index (κ1) is 29.2. The Morgan fingerprint density at radius 2 is 1.00 bits per heavy atom. The molecule has 0 amide bonds. The van der Waals surface area contributed by atoms with Crippen molar-refractivity contribution in [3.63, 3.8) is 0 Å². The van der Waals surface area contributed by atoms with E-state index >= 15 is 0 Å². The first-order valence-corrected chi connectivity index (χ1v) is 12.8. The number of hydrogen-bond acceptors (Lipinski definition) is 3. The van der Waals surface area contributed by atoms with Crippen LogP contribution in [0.5, 0.6) is 0 Å². The molecular formula is C23H18F7NO3S2. The van der Waals surface area contributed by atoms with Gasteiger partial charge in [-0.2, -0.15) is 35.1 Å². The van der Waals surface area contributed by atoms with Gasteiger partial charge in [-0.1, -0.05) is 54.6 Å². The second kappa shape index (κ2) is 11.3. The number of alkyl halides is 7. The van der Waals surface area contributed by atoms with E-state index in [0.717, 1.165) is 0 Å². The summed E-state index contributed by atoms with van der Waals surface area (Å²) in [5, 5.41) is 10.3. The molecule has 0 unspecified atom stereocenters. The van der Waals surface area contributed by atoms with Gasteiger partial charge in [0.25, 0.3) is 0 Å². The van der Waals surface area contributed by atoms with Gasteiger partial charge in [0, 0.05) is 0 Å². The average Bonchev–Trinajstić information content (AvgIpc) is 2.80. The zero-order valence-electron chi connectivity index (χ0n) is 18.3. The lowest BCUT2D eigenvalue weighted by atomic mass is 10.1. The number of nitrogens with zero attached hydrogens (tertiary/aromatic N) is 1. The van der Waals surface area contributed by atoms with Gasteiger partial charge in [-0.25, -0.2) is 8.42 Å². The van der Waals surface area contributed by atoms with E-state index < -0.39 is 33.9 Å². The predicted octanol–water partition coefficient (Wildman–Crippen LogP) is 5.32. The Kier molecular flexibility index (Phi) is 9.18. The van der Waals surface area contributed by atoms with Crippen LogP contribution in [-0.2, 0) is 20.9 Å². The fourth-order valence-electron chi connectivity index (χ4n) is 2.60. The highest BCUT2D eigenvalue weighted by atomic mass is 32.2. The fourth-order valence-corrected chi connectivity index (χ4v) is 5.12. The zero-order valence-corrected chi connectivity index (χ0v) is 19.9. The molecule has 0 saturated carbocycles. The van der Waals surface area contributed by atoms with Gasteiger partial charge < -0.3 is 5.11 Å². The molecule has 13 heteroatoms. The second-order valence-corrected chi connectivity index (χ2v) is 10.7. The summed E-state index contributed by atoms with van der Waals surface area (Å²) >= 11 is 0. The third-order valence-corrected chi connectivity index (χ3v) is 6.93. The summed E-state index contributed by atoms with van der Waals surface area (Å²) in [5.41, 5.74) is 0. The molecule has 3 aromatic rings. The average molecular weight is 554 g/mol. The van der Waals surface area contributed by atoms with E-state index in [-0.39, 0.29) is 17.2 Å². The summed E-state index contributed by atoms with van der Waals surface area (Å²) in [5.74, 6) is -16.4. The smallest absolute Gasteiger partial charge is 0.460 e. The van der Waals surface area contributed by atoms with Crippen LogP contribution in [0.1, 0.15) is 0 Å². The third kappa shape index (κ3) is 7.23. The van der Waals surface area contributed by atoms with E-state index in [4.69, 9.17) is 0 Å². The molecule has 0 N–H and O–H groups in total. The SMILES string of the molecule is CS(=O)(=O)N=C([O-])C(F)(F)C(F)(F)C(F)(F)F.c1ccc([S+](c2ccccc2)c2ccccc2)cc1. The molecule has 0 aliphatic carbocycles. The van der Waals surface area contributed by atoms with Crippen molar-refractivity contribution in [2.75, 3.05) is 6.26 Å². The van der Waals surface area contributed by atoms with Crippen LogP contribution < -0.4 is 5.11 Å². The van der Waals surface area contributed by atoms with Gasteiger partial charge in [0.2, 0.25) is 10.0 Å². The van der Waals surface area contributed by atoms with Crippen molar-refractivity contribution >= 4 is 26.8 Å². The fraction of sp³-hybridized carbons (Fsp3) is 0.174. The summed E-state index contributed by atoms with van der Waals surface area (Å²) in [6, 6.07) is 32.2. The van der Waals surface area contributed by atoms with Gasteiger partial charge in [-0.15, -0.1) is 0 Å². The van der Waals surface area contributed by atoms with Crippen molar-refractivity contribution in [1.82, 2.24) is 0 Å². The quantitative estimate of drug-likeness (QED) is 0.180. The van der Waals surface area contributed by atoms with Gasteiger partial charge in [0.1, 0.15) is 0 Å². The Labute approximate surface area is 205 Å². The van der Waals surface area contributed by atoms with Crippen LogP contribution in [0.4, 0.5) is 30.7 Å². The molecule has 3 rings (SSSR count). The molecule has 0 saturated heterocycles. The molecule has 0 fully saturated rings. The van der Waals surface area contributed by atoms with Gasteiger partial charge in [-0.3, -0.25) is 0 Å². The molecule has 0 aromatic heterocycles. The van der Waals surface area contributed by atoms with Crippen LogP contribution in [0.15, 0.2) is 110 Å². The van der Waals surface area contributed by atoms with E-state index in [0.29, 0.717) is 0 Å². The maximum atomic E-state index is 12.4. The lowest BCUT2D eigenvalue weighted by Gasteiger charge is -2.31.